The quantitative estimate of drug-likeness (QED) is 0.683. The van der Waals surface area contributed by atoms with Crippen molar-refractivity contribution in [3.05, 3.63) is 33.3 Å². The standard InChI is InChI=1S/C14H20ClN3O2/c1-10(11-5-7-17(2)8-6-11)16-14-9-12(18(19)20)3-4-13(14)15/h3-4,9-11,16H,5-8H2,1-2H3. The van der Waals surface area contributed by atoms with Crippen molar-refractivity contribution in [2.75, 3.05) is 25.5 Å². The summed E-state index contributed by atoms with van der Waals surface area (Å²) in [5.41, 5.74) is 0.708. The molecule has 2 rings (SSSR count). The van der Waals surface area contributed by atoms with Gasteiger partial charge in [-0.05, 0) is 51.9 Å². The van der Waals surface area contributed by atoms with Gasteiger partial charge >= 0.3 is 0 Å². The Morgan fingerprint density at radius 2 is 2.10 bits per heavy atom. The van der Waals surface area contributed by atoms with Crippen LogP contribution in [0.2, 0.25) is 5.02 Å². The molecule has 1 fully saturated rings. The molecule has 0 aliphatic carbocycles. The highest BCUT2D eigenvalue weighted by atomic mass is 35.5. The maximum absolute atomic E-state index is 10.8. The Kier molecular flexibility index (Phi) is 4.83. The third-order valence-corrected chi connectivity index (χ3v) is 4.34. The lowest BCUT2D eigenvalue weighted by molar-refractivity contribution is -0.384. The van der Waals surface area contributed by atoms with Crippen LogP contribution in [0.1, 0.15) is 19.8 Å². The molecule has 6 heteroatoms. The van der Waals surface area contributed by atoms with E-state index < -0.39 is 4.92 Å². The third-order valence-electron chi connectivity index (χ3n) is 4.01. The molecule has 1 aliphatic rings. The van der Waals surface area contributed by atoms with Gasteiger partial charge in [-0.1, -0.05) is 11.6 Å². The first-order valence-corrected chi connectivity index (χ1v) is 7.24. The monoisotopic (exact) mass is 297 g/mol. The number of nitro groups is 1. The highest BCUT2D eigenvalue weighted by Gasteiger charge is 2.23. The number of nitrogens with one attached hydrogen (secondary N) is 1. The number of anilines is 1. The van der Waals surface area contributed by atoms with Gasteiger partial charge in [0.1, 0.15) is 0 Å². The van der Waals surface area contributed by atoms with Crippen molar-refractivity contribution in [2.45, 2.75) is 25.8 Å². The predicted octanol–water partition coefficient (Wildman–Crippen LogP) is 3.39. The molecule has 1 saturated heterocycles. The van der Waals surface area contributed by atoms with E-state index in [4.69, 9.17) is 11.6 Å². The molecule has 1 aromatic carbocycles. The van der Waals surface area contributed by atoms with Gasteiger partial charge in [-0.25, -0.2) is 0 Å². The van der Waals surface area contributed by atoms with Crippen LogP contribution in [0, 0.1) is 16.0 Å². The van der Waals surface area contributed by atoms with Gasteiger partial charge in [-0.2, -0.15) is 0 Å². The van der Waals surface area contributed by atoms with Crippen LogP contribution in [0.5, 0.6) is 0 Å². The molecule has 1 aliphatic heterocycles. The van der Waals surface area contributed by atoms with Gasteiger partial charge < -0.3 is 10.2 Å². The molecule has 20 heavy (non-hydrogen) atoms. The smallest absolute Gasteiger partial charge is 0.271 e. The summed E-state index contributed by atoms with van der Waals surface area (Å²) in [4.78, 5) is 12.7. The minimum atomic E-state index is -0.401. The molecule has 0 amide bonds. The lowest BCUT2D eigenvalue weighted by Gasteiger charge is -2.33. The van der Waals surface area contributed by atoms with Crippen molar-refractivity contribution in [1.82, 2.24) is 4.90 Å². The van der Waals surface area contributed by atoms with E-state index in [0.29, 0.717) is 16.6 Å². The Morgan fingerprint density at radius 1 is 1.45 bits per heavy atom. The van der Waals surface area contributed by atoms with E-state index in [0.717, 1.165) is 25.9 Å². The van der Waals surface area contributed by atoms with Gasteiger partial charge in [0.05, 0.1) is 15.6 Å². The summed E-state index contributed by atoms with van der Waals surface area (Å²) < 4.78 is 0. The number of hydrogen-bond donors (Lipinski definition) is 1. The molecular weight excluding hydrogens is 278 g/mol. The Balaban J connectivity index is 2.05. The summed E-state index contributed by atoms with van der Waals surface area (Å²) in [6, 6.07) is 4.76. The number of nitrogens with zero attached hydrogens (tertiary/aromatic N) is 2. The molecule has 1 unspecified atom stereocenters. The van der Waals surface area contributed by atoms with E-state index in [-0.39, 0.29) is 11.7 Å². The average molecular weight is 298 g/mol. The topological polar surface area (TPSA) is 58.4 Å². The zero-order chi connectivity index (χ0) is 14.7. The van der Waals surface area contributed by atoms with Crippen LogP contribution in [0.15, 0.2) is 18.2 Å². The summed E-state index contributed by atoms with van der Waals surface area (Å²) in [6.45, 7) is 4.31. The summed E-state index contributed by atoms with van der Waals surface area (Å²) in [5, 5.41) is 14.7. The number of non-ortho nitro benzene ring substituents is 1. The van der Waals surface area contributed by atoms with E-state index in [1.807, 2.05) is 0 Å². The maximum Gasteiger partial charge on any atom is 0.271 e. The van der Waals surface area contributed by atoms with Crippen LogP contribution in [-0.4, -0.2) is 36.0 Å². The van der Waals surface area contributed by atoms with E-state index in [2.05, 4.69) is 24.2 Å². The highest BCUT2D eigenvalue weighted by Crippen LogP contribution is 2.29. The largest absolute Gasteiger partial charge is 0.381 e. The van der Waals surface area contributed by atoms with Crippen LogP contribution in [0.25, 0.3) is 0 Å². The van der Waals surface area contributed by atoms with Crippen molar-refractivity contribution in [1.29, 1.82) is 0 Å². The Hall–Kier alpha value is -1.33. The van der Waals surface area contributed by atoms with E-state index in [1.54, 1.807) is 6.07 Å². The average Bonchev–Trinajstić information content (AvgIpc) is 2.41. The Morgan fingerprint density at radius 3 is 2.70 bits per heavy atom. The van der Waals surface area contributed by atoms with Gasteiger partial charge in [-0.3, -0.25) is 10.1 Å². The molecule has 0 radical (unpaired) electrons. The second kappa shape index (κ2) is 6.41. The summed E-state index contributed by atoms with van der Waals surface area (Å²) in [5.74, 6) is 0.571. The number of nitro benzene ring substituents is 1. The van der Waals surface area contributed by atoms with E-state index in [9.17, 15) is 10.1 Å². The number of likely N-dealkylation sites (tertiary alicyclic amines) is 1. The molecule has 0 spiro atoms. The second-order valence-electron chi connectivity index (χ2n) is 5.49. The molecule has 0 bridgehead atoms. The van der Waals surface area contributed by atoms with Crippen LogP contribution < -0.4 is 5.32 Å². The Bertz CT molecular complexity index is 487. The Labute approximate surface area is 124 Å². The van der Waals surface area contributed by atoms with Gasteiger partial charge in [-0.15, -0.1) is 0 Å². The highest BCUT2D eigenvalue weighted by molar-refractivity contribution is 6.33. The van der Waals surface area contributed by atoms with E-state index >= 15 is 0 Å². The molecule has 1 aromatic rings. The third kappa shape index (κ3) is 3.61. The number of rotatable bonds is 4. The fourth-order valence-corrected chi connectivity index (χ4v) is 2.80. The van der Waals surface area contributed by atoms with Gasteiger partial charge in [0.25, 0.3) is 5.69 Å². The minimum absolute atomic E-state index is 0.0625. The summed E-state index contributed by atoms with van der Waals surface area (Å²) >= 11 is 6.11. The SMILES string of the molecule is CC(Nc1cc([N+](=O)[O-])ccc1Cl)C1CCN(C)CC1. The zero-order valence-electron chi connectivity index (χ0n) is 11.8. The van der Waals surface area contributed by atoms with Crippen LogP contribution in [-0.2, 0) is 0 Å². The van der Waals surface area contributed by atoms with E-state index in [1.165, 1.54) is 12.1 Å². The molecular formula is C14H20ClN3O2. The van der Waals surface area contributed by atoms with Crippen LogP contribution in [0.4, 0.5) is 11.4 Å². The molecule has 110 valence electrons. The second-order valence-corrected chi connectivity index (χ2v) is 5.90. The molecule has 0 saturated carbocycles. The fraction of sp³-hybridized carbons (Fsp3) is 0.571. The van der Waals surface area contributed by atoms with Crippen molar-refractivity contribution < 1.29 is 4.92 Å². The number of halogens is 1. The van der Waals surface area contributed by atoms with Crippen molar-refractivity contribution in [3.8, 4) is 0 Å². The van der Waals surface area contributed by atoms with Crippen molar-refractivity contribution in [3.63, 3.8) is 0 Å². The molecule has 1 N–H and O–H groups in total. The predicted molar refractivity (Wildman–Crippen MR) is 81.4 cm³/mol. The van der Waals surface area contributed by atoms with Crippen molar-refractivity contribution >= 4 is 23.0 Å². The maximum atomic E-state index is 10.8. The molecule has 1 atom stereocenters. The molecule has 5 nitrogen and oxygen atoms in total. The molecule has 1 heterocycles. The zero-order valence-corrected chi connectivity index (χ0v) is 12.6. The van der Waals surface area contributed by atoms with Gasteiger partial charge in [0, 0.05) is 18.2 Å². The van der Waals surface area contributed by atoms with Crippen molar-refractivity contribution in [2.24, 2.45) is 5.92 Å². The fourth-order valence-electron chi connectivity index (χ4n) is 2.63. The number of benzene rings is 1. The minimum Gasteiger partial charge on any atom is -0.381 e. The van der Waals surface area contributed by atoms with Gasteiger partial charge in [0.2, 0.25) is 0 Å². The number of hydrogen-bond acceptors (Lipinski definition) is 4. The van der Waals surface area contributed by atoms with Crippen LogP contribution in [0.3, 0.4) is 0 Å². The first-order valence-electron chi connectivity index (χ1n) is 6.86. The lowest BCUT2D eigenvalue weighted by Crippen LogP contribution is -2.37. The first-order chi connectivity index (χ1) is 9.47. The number of piperidine rings is 1. The molecule has 0 aromatic heterocycles. The van der Waals surface area contributed by atoms with Crippen LogP contribution >= 0.6 is 11.6 Å². The van der Waals surface area contributed by atoms with Gasteiger partial charge in [0.15, 0.2) is 0 Å². The normalized spacial score (nSPS) is 18.8. The first kappa shape index (κ1) is 15.1. The summed E-state index contributed by atoms with van der Waals surface area (Å²) in [6.07, 6.45) is 2.27. The summed E-state index contributed by atoms with van der Waals surface area (Å²) in [7, 11) is 2.13. The lowest BCUT2D eigenvalue weighted by atomic mass is 9.90.